The Morgan fingerprint density at radius 3 is 1.85 bits per heavy atom. The Morgan fingerprint density at radius 2 is 1.39 bits per heavy atom. The molecule has 33 heavy (non-hydrogen) atoms. The number of nitrogens with one attached hydrogen (secondary N) is 2. The first-order valence-corrected chi connectivity index (χ1v) is 12.4. The molecule has 8 heteroatoms. The number of ether oxygens (including phenoxy) is 1. The van der Waals surface area contributed by atoms with Gasteiger partial charge in [0.2, 0.25) is 5.91 Å². The van der Waals surface area contributed by atoms with Gasteiger partial charge in [-0.05, 0) is 79.5 Å². The van der Waals surface area contributed by atoms with Gasteiger partial charge in [-0.1, -0.05) is 33.6 Å². The van der Waals surface area contributed by atoms with Crippen LogP contribution in [-0.4, -0.2) is 48.0 Å². The summed E-state index contributed by atoms with van der Waals surface area (Å²) in [7, 11) is -0.196. The third-order valence-electron chi connectivity index (χ3n) is 6.89. The fourth-order valence-electron chi connectivity index (χ4n) is 4.24. The second kappa shape index (κ2) is 11.0. The zero-order valence-corrected chi connectivity index (χ0v) is 23.1. The molecule has 1 aliphatic rings. The van der Waals surface area contributed by atoms with Gasteiger partial charge in [-0.25, -0.2) is 4.79 Å². The maximum atomic E-state index is 12.1. The summed E-state index contributed by atoms with van der Waals surface area (Å²) in [6, 6.07) is 0. The summed E-state index contributed by atoms with van der Waals surface area (Å²) in [5.74, 6) is -0.0315. The molecule has 1 saturated heterocycles. The molecule has 0 aromatic rings. The number of carbonyl (C=O) groups excluding carboxylic acids is 2. The SMILES string of the molecule is CC(=O)NC(CCCCB1OC(C)(C)C(C)(C)O1)(CCCNC(=O)OC(C)(C)C)C(C)(C)C. The van der Waals surface area contributed by atoms with Crippen molar-refractivity contribution >= 4 is 19.1 Å². The second-order valence-electron chi connectivity index (χ2n) is 12.5. The van der Waals surface area contributed by atoms with Crippen molar-refractivity contribution < 1.29 is 23.6 Å². The average molecular weight is 468 g/mol. The maximum Gasteiger partial charge on any atom is 0.457 e. The van der Waals surface area contributed by atoms with Crippen LogP contribution in [0.2, 0.25) is 6.32 Å². The van der Waals surface area contributed by atoms with Crippen LogP contribution in [0.3, 0.4) is 0 Å². The summed E-state index contributed by atoms with van der Waals surface area (Å²) in [6.45, 7) is 22.4. The van der Waals surface area contributed by atoms with Crippen molar-refractivity contribution in [2.75, 3.05) is 6.54 Å². The highest BCUT2D eigenvalue weighted by atomic mass is 16.7. The average Bonchev–Trinajstić information content (AvgIpc) is 2.79. The van der Waals surface area contributed by atoms with Crippen LogP contribution in [-0.2, 0) is 18.8 Å². The first kappa shape index (κ1) is 29.8. The fourth-order valence-corrected chi connectivity index (χ4v) is 4.24. The molecule has 0 saturated carbocycles. The molecular weight excluding hydrogens is 419 g/mol. The lowest BCUT2D eigenvalue weighted by atomic mass is 9.67. The zero-order chi connectivity index (χ0) is 25.7. The molecule has 192 valence electrons. The number of hydrogen-bond acceptors (Lipinski definition) is 5. The van der Waals surface area contributed by atoms with E-state index in [4.69, 9.17) is 14.0 Å². The highest BCUT2D eigenvalue weighted by Gasteiger charge is 2.50. The Kier molecular flexibility index (Phi) is 9.90. The van der Waals surface area contributed by atoms with E-state index in [0.29, 0.717) is 6.54 Å². The molecule has 0 radical (unpaired) electrons. The van der Waals surface area contributed by atoms with Crippen LogP contribution < -0.4 is 10.6 Å². The van der Waals surface area contributed by atoms with Gasteiger partial charge in [-0.15, -0.1) is 0 Å². The smallest absolute Gasteiger partial charge is 0.444 e. The molecule has 2 amide bonds. The van der Waals surface area contributed by atoms with Crippen LogP contribution in [0.5, 0.6) is 0 Å². The number of rotatable bonds is 10. The lowest BCUT2D eigenvalue weighted by Gasteiger charge is -2.46. The van der Waals surface area contributed by atoms with Gasteiger partial charge in [-0.2, -0.15) is 0 Å². The second-order valence-corrected chi connectivity index (χ2v) is 12.5. The van der Waals surface area contributed by atoms with Crippen LogP contribution in [0.1, 0.15) is 108 Å². The van der Waals surface area contributed by atoms with Crippen molar-refractivity contribution in [3.63, 3.8) is 0 Å². The van der Waals surface area contributed by atoms with Crippen LogP contribution >= 0.6 is 0 Å². The van der Waals surface area contributed by atoms with Crippen LogP contribution in [0.25, 0.3) is 0 Å². The zero-order valence-electron chi connectivity index (χ0n) is 23.1. The molecule has 2 N–H and O–H groups in total. The van der Waals surface area contributed by atoms with Crippen molar-refractivity contribution in [2.24, 2.45) is 5.41 Å². The van der Waals surface area contributed by atoms with Gasteiger partial charge in [0.1, 0.15) is 5.60 Å². The van der Waals surface area contributed by atoms with Gasteiger partial charge in [0.05, 0.1) is 11.2 Å². The molecule has 1 rings (SSSR count). The van der Waals surface area contributed by atoms with Gasteiger partial charge in [0, 0.05) is 19.0 Å². The van der Waals surface area contributed by atoms with E-state index in [0.717, 1.165) is 38.4 Å². The number of alkyl carbamates (subject to hydrolysis) is 1. The summed E-state index contributed by atoms with van der Waals surface area (Å²) < 4.78 is 17.6. The quantitative estimate of drug-likeness (QED) is 0.328. The number of amides is 2. The van der Waals surface area contributed by atoms with Gasteiger partial charge >= 0.3 is 13.2 Å². The molecule has 1 heterocycles. The van der Waals surface area contributed by atoms with Crippen LogP contribution in [0.15, 0.2) is 0 Å². The van der Waals surface area contributed by atoms with Gasteiger partial charge < -0.3 is 24.7 Å². The minimum absolute atomic E-state index is 0.0315. The minimum atomic E-state index is -0.521. The fraction of sp³-hybridized carbons (Fsp3) is 0.920. The molecule has 7 nitrogen and oxygen atoms in total. The van der Waals surface area contributed by atoms with Crippen LogP contribution in [0, 0.1) is 5.41 Å². The molecule has 0 aromatic heterocycles. The summed E-state index contributed by atoms with van der Waals surface area (Å²) >= 11 is 0. The van der Waals surface area contributed by atoms with Gasteiger partial charge in [0.15, 0.2) is 0 Å². The number of carbonyl (C=O) groups is 2. The van der Waals surface area contributed by atoms with Crippen molar-refractivity contribution in [3.8, 4) is 0 Å². The van der Waals surface area contributed by atoms with Crippen molar-refractivity contribution in [2.45, 2.75) is 137 Å². The van der Waals surface area contributed by atoms with E-state index < -0.39 is 11.7 Å². The first-order chi connectivity index (χ1) is 14.8. The Morgan fingerprint density at radius 1 is 0.879 bits per heavy atom. The topological polar surface area (TPSA) is 85.9 Å². The molecule has 1 unspecified atom stereocenters. The number of hydrogen-bond donors (Lipinski definition) is 2. The molecule has 1 aliphatic heterocycles. The monoisotopic (exact) mass is 468 g/mol. The highest BCUT2D eigenvalue weighted by Crippen LogP contribution is 2.40. The molecule has 0 aliphatic carbocycles. The largest absolute Gasteiger partial charge is 0.457 e. The highest BCUT2D eigenvalue weighted by molar-refractivity contribution is 6.45. The molecule has 0 spiro atoms. The van der Waals surface area contributed by atoms with Crippen LogP contribution in [0.4, 0.5) is 4.79 Å². The lowest BCUT2D eigenvalue weighted by Crippen LogP contribution is -2.57. The molecular formula is C25H49BN2O5. The Hall–Kier alpha value is -1.28. The summed E-state index contributed by atoms with van der Waals surface area (Å²) in [6.07, 6.45) is 4.67. The van der Waals surface area contributed by atoms with E-state index in [1.165, 1.54) is 0 Å². The van der Waals surface area contributed by atoms with E-state index in [1.54, 1.807) is 6.92 Å². The summed E-state index contributed by atoms with van der Waals surface area (Å²) in [4.78, 5) is 24.1. The number of unbranched alkanes of at least 4 members (excludes halogenated alkanes) is 1. The van der Waals surface area contributed by atoms with Crippen molar-refractivity contribution in [3.05, 3.63) is 0 Å². The third kappa shape index (κ3) is 9.12. The first-order valence-electron chi connectivity index (χ1n) is 12.4. The summed E-state index contributed by atoms with van der Waals surface area (Å²) in [5.41, 5.74) is -1.67. The van der Waals surface area contributed by atoms with E-state index in [-0.39, 0.29) is 35.2 Å². The van der Waals surface area contributed by atoms with E-state index in [2.05, 4.69) is 59.1 Å². The third-order valence-corrected chi connectivity index (χ3v) is 6.89. The summed E-state index contributed by atoms with van der Waals surface area (Å²) in [5, 5.41) is 6.10. The standard InChI is InChI=1S/C25H49BN2O5/c1-19(29)28-25(21(2,3)4,16-14-18-27-20(30)31-22(5,6)7)15-12-13-17-26-32-23(8,9)24(10,11)33-26/h12-18H2,1-11H3,(H,27,30)(H,28,29). The van der Waals surface area contributed by atoms with E-state index >= 15 is 0 Å². The predicted octanol–water partition coefficient (Wildman–Crippen LogP) is 5.47. The Bertz CT molecular complexity index is 651. The van der Waals surface area contributed by atoms with Gasteiger partial charge in [0.25, 0.3) is 0 Å². The van der Waals surface area contributed by atoms with Gasteiger partial charge in [-0.3, -0.25) is 4.79 Å². The van der Waals surface area contributed by atoms with Crippen molar-refractivity contribution in [1.82, 2.24) is 10.6 Å². The lowest BCUT2D eigenvalue weighted by molar-refractivity contribution is -0.122. The van der Waals surface area contributed by atoms with Crippen molar-refractivity contribution in [1.29, 1.82) is 0 Å². The molecule has 1 fully saturated rings. The molecule has 0 aromatic carbocycles. The Balaban J connectivity index is 2.68. The predicted molar refractivity (Wildman–Crippen MR) is 134 cm³/mol. The normalized spacial score (nSPS) is 19.7. The van der Waals surface area contributed by atoms with E-state index in [1.807, 2.05) is 20.8 Å². The maximum absolute atomic E-state index is 12.1. The molecule has 0 bridgehead atoms. The van der Waals surface area contributed by atoms with E-state index in [9.17, 15) is 9.59 Å². The molecule has 1 atom stereocenters. The Labute approximate surface area is 202 Å². The minimum Gasteiger partial charge on any atom is -0.444 e.